The summed E-state index contributed by atoms with van der Waals surface area (Å²) >= 11 is 0. The Morgan fingerprint density at radius 2 is 1.67 bits per heavy atom. The van der Waals surface area contributed by atoms with Crippen molar-refractivity contribution < 1.29 is 0 Å². The summed E-state index contributed by atoms with van der Waals surface area (Å²) in [5.41, 5.74) is 3.52. The molecule has 3 rings (SSSR count). The molecule has 5 heteroatoms. The highest BCUT2D eigenvalue weighted by Crippen LogP contribution is 2.24. The predicted octanol–water partition coefficient (Wildman–Crippen LogP) is 3.31. The average molecular weight is 281 g/mol. The fraction of sp³-hybridized carbons (Fsp3) is 0.250. The van der Waals surface area contributed by atoms with E-state index in [0.717, 1.165) is 12.2 Å². The van der Waals surface area contributed by atoms with Gasteiger partial charge in [-0.3, -0.25) is 5.01 Å². The first-order valence-electron chi connectivity index (χ1n) is 6.98. The number of hydrogen-bond acceptors (Lipinski definition) is 5. The predicted molar refractivity (Wildman–Crippen MR) is 85.0 cm³/mol. The SMILES string of the molecule is CN(C)c1ccccc1CN1CN(c2ccccc2)N=N1. The van der Waals surface area contributed by atoms with Gasteiger partial charge in [-0.15, -0.1) is 0 Å². The molecule has 0 atom stereocenters. The van der Waals surface area contributed by atoms with Gasteiger partial charge in [0.15, 0.2) is 0 Å². The van der Waals surface area contributed by atoms with Crippen molar-refractivity contribution in [3.8, 4) is 0 Å². The van der Waals surface area contributed by atoms with E-state index in [4.69, 9.17) is 0 Å². The Morgan fingerprint density at radius 1 is 0.952 bits per heavy atom. The van der Waals surface area contributed by atoms with Gasteiger partial charge in [-0.1, -0.05) is 41.6 Å². The van der Waals surface area contributed by atoms with E-state index in [-0.39, 0.29) is 0 Å². The number of benzene rings is 2. The summed E-state index contributed by atoms with van der Waals surface area (Å²) in [4.78, 5) is 2.12. The van der Waals surface area contributed by atoms with Crippen LogP contribution in [0.4, 0.5) is 11.4 Å². The van der Waals surface area contributed by atoms with Crippen LogP contribution in [-0.2, 0) is 6.54 Å². The highest BCUT2D eigenvalue weighted by molar-refractivity contribution is 5.52. The van der Waals surface area contributed by atoms with Gasteiger partial charge in [0.1, 0.15) is 6.67 Å². The Bertz CT molecular complexity index is 624. The lowest BCUT2D eigenvalue weighted by atomic mass is 10.1. The zero-order valence-electron chi connectivity index (χ0n) is 12.3. The first-order valence-corrected chi connectivity index (χ1v) is 6.98. The molecule has 0 fully saturated rings. The zero-order valence-corrected chi connectivity index (χ0v) is 12.3. The molecule has 0 saturated carbocycles. The highest BCUT2D eigenvalue weighted by Gasteiger charge is 2.18. The zero-order chi connectivity index (χ0) is 14.7. The molecule has 2 aromatic carbocycles. The fourth-order valence-corrected chi connectivity index (χ4v) is 2.41. The van der Waals surface area contributed by atoms with Gasteiger partial charge in [-0.2, -0.15) is 0 Å². The third-order valence-corrected chi connectivity index (χ3v) is 3.45. The minimum absolute atomic E-state index is 0.672. The lowest BCUT2D eigenvalue weighted by molar-refractivity contribution is 0.308. The quantitative estimate of drug-likeness (QED) is 0.862. The Morgan fingerprint density at radius 3 is 2.43 bits per heavy atom. The largest absolute Gasteiger partial charge is 0.377 e. The van der Waals surface area contributed by atoms with E-state index >= 15 is 0 Å². The van der Waals surface area contributed by atoms with Crippen LogP contribution in [0, 0.1) is 0 Å². The molecule has 0 bridgehead atoms. The first-order chi connectivity index (χ1) is 10.2. The van der Waals surface area contributed by atoms with Gasteiger partial charge in [0.05, 0.1) is 12.2 Å². The minimum atomic E-state index is 0.672. The standard InChI is InChI=1S/C16H19N5/c1-19(2)16-11-7-6-8-14(16)12-20-13-21(18-17-20)15-9-4-3-5-10-15/h3-11H,12-13H2,1-2H3. The lowest BCUT2D eigenvalue weighted by Crippen LogP contribution is -2.25. The van der Waals surface area contributed by atoms with Gasteiger partial charge < -0.3 is 4.90 Å². The molecule has 2 aromatic rings. The van der Waals surface area contributed by atoms with E-state index in [0.29, 0.717) is 6.67 Å². The molecule has 0 N–H and O–H groups in total. The van der Waals surface area contributed by atoms with E-state index in [1.54, 1.807) is 0 Å². The second kappa shape index (κ2) is 5.83. The van der Waals surface area contributed by atoms with Crippen molar-refractivity contribution in [1.29, 1.82) is 0 Å². The van der Waals surface area contributed by atoms with Gasteiger partial charge >= 0.3 is 0 Å². The molecule has 0 saturated heterocycles. The number of anilines is 2. The van der Waals surface area contributed by atoms with Gasteiger partial charge in [0, 0.05) is 19.8 Å². The molecule has 0 aromatic heterocycles. The molecule has 0 radical (unpaired) electrons. The second-order valence-electron chi connectivity index (χ2n) is 5.24. The maximum absolute atomic E-state index is 4.25. The molecule has 1 aliphatic rings. The fourth-order valence-electron chi connectivity index (χ4n) is 2.41. The van der Waals surface area contributed by atoms with E-state index < -0.39 is 0 Å². The molecule has 0 spiro atoms. The maximum Gasteiger partial charge on any atom is 0.132 e. The molecule has 108 valence electrons. The van der Waals surface area contributed by atoms with Crippen LogP contribution >= 0.6 is 0 Å². The van der Waals surface area contributed by atoms with Crippen LogP contribution in [0.2, 0.25) is 0 Å². The molecule has 0 amide bonds. The monoisotopic (exact) mass is 281 g/mol. The van der Waals surface area contributed by atoms with Crippen LogP contribution < -0.4 is 9.91 Å². The van der Waals surface area contributed by atoms with Gasteiger partial charge in [0.2, 0.25) is 0 Å². The van der Waals surface area contributed by atoms with Crippen LogP contribution in [0.25, 0.3) is 0 Å². The molecule has 5 nitrogen and oxygen atoms in total. The second-order valence-corrected chi connectivity index (χ2v) is 5.24. The number of para-hydroxylation sites is 2. The highest BCUT2D eigenvalue weighted by atomic mass is 15.8. The Kier molecular flexibility index (Phi) is 3.73. The molecule has 0 aliphatic carbocycles. The minimum Gasteiger partial charge on any atom is -0.377 e. The van der Waals surface area contributed by atoms with Crippen LogP contribution in [-0.4, -0.2) is 25.8 Å². The Hall–Kier alpha value is -2.56. The van der Waals surface area contributed by atoms with Crippen molar-refractivity contribution in [3.63, 3.8) is 0 Å². The Balaban J connectivity index is 1.70. The normalized spacial score (nSPS) is 13.8. The smallest absolute Gasteiger partial charge is 0.132 e. The van der Waals surface area contributed by atoms with E-state index in [1.165, 1.54) is 11.3 Å². The number of rotatable bonds is 4. The molecule has 21 heavy (non-hydrogen) atoms. The third kappa shape index (κ3) is 2.97. The Labute approximate surface area is 125 Å². The summed E-state index contributed by atoms with van der Waals surface area (Å²) in [6.07, 6.45) is 0. The van der Waals surface area contributed by atoms with Crippen LogP contribution in [0.5, 0.6) is 0 Å². The molecular formula is C16H19N5. The summed E-state index contributed by atoms with van der Waals surface area (Å²) in [5.74, 6) is 0. The molecule has 1 aliphatic heterocycles. The lowest BCUT2D eigenvalue weighted by Gasteiger charge is -2.21. The summed E-state index contributed by atoms with van der Waals surface area (Å²) in [7, 11) is 4.11. The van der Waals surface area contributed by atoms with Crippen molar-refractivity contribution in [1.82, 2.24) is 5.01 Å². The van der Waals surface area contributed by atoms with Crippen molar-refractivity contribution in [2.45, 2.75) is 6.54 Å². The van der Waals surface area contributed by atoms with Crippen molar-refractivity contribution in [3.05, 3.63) is 60.2 Å². The van der Waals surface area contributed by atoms with Crippen molar-refractivity contribution >= 4 is 11.4 Å². The summed E-state index contributed by atoms with van der Waals surface area (Å²) < 4.78 is 0. The maximum atomic E-state index is 4.25. The van der Waals surface area contributed by atoms with E-state index in [2.05, 4.69) is 53.7 Å². The summed E-state index contributed by atoms with van der Waals surface area (Å²) in [6, 6.07) is 18.5. The third-order valence-electron chi connectivity index (χ3n) is 3.45. The van der Waals surface area contributed by atoms with Crippen LogP contribution in [0.15, 0.2) is 65.0 Å². The van der Waals surface area contributed by atoms with Crippen molar-refractivity contribution in [2.24, 2.45) is 10.4 Å². The summed E-state index contributed by atoms with van der Waals surface area (Å²) in [5, 5.41) is 12.4. The topological polar surface area (TPSA) is 34.4 Å². The number of nitrogens with zero attached hydrogens (tertiary/aromatic N) is 5. The van der Waals surface area contributed by atoms with Gasteiger partial charge in [0.25, 0.3) is 0 Å². The van der Waals surface area contributed by atoms with Crippen LogP contribution in [0.3, 0.4) is 0 Å². The number of hydrogen-bond donors (Lipinski definition) is 0. The van der Waals surface area contributed by atoms with Gasteiger partial charge in [-0.25, -0.2) is 5.01 Å². The first kappa shape index (κ1) is 13.4. The summed E-state index contributed by atoms with van der Waals surface area (Å²) in [6.45, 7) is 1.42. The van der Waals surface area contributed by atoms with E-state index in [9.17, 15) is 0 Å². The molecule has 0 unspecified atom stereocenters. The van der Waals surface area contributed by atoms with Crippen molar-refractivity contribution in [2.75, 3.05) is 30.7 Å². The van der Waals surface area contributed by atoms with Crippen LogP contribution in [0.1, 0.15) is 5.56 Å². The molecule has 1 heterocycles. The van der Waals surface area contributed by atoms with Gasteiger partial charge in [-0.05, 0) is 29.0 Å². The van der Waals surface area contributed by atoms with E-state index in [1.807, 2.05) is 40.3 Å². The molecular weight excluding hydrogens is 262 g/mol. The average Bonchev–Trinajstić information content (AvgIpc) is 2.97.